The molecule has 0 radical (unpaired) electrons. The zero-order valence-electron chi connectivity index (χ0n) is 10.7. The van der Waals surface area contributed by atoms with Crippen molar-refractivity contribution in [2.45, 2.75) is 58.0 Å². The first-order valence-electron chi connectivity index (χ1n) is 6.69. The predicted octanol–water partition coefficient (Wildman–Crippen LogP) is 1.30. The standard InChI is InChI=1S/C13H22N2O2/c1-9(2)15-12(16)8-11(13(15)17)14-7-6-10-4-3-5-10/h9-11,14H,3-8H2,1-2H3. The number of rotatable bonds is 5. The number of likely N-dealkylation sites (tertiary alicyclic amines) is 1. The average Bonchev–Trinajstić information content (AvgIpc) is 2.46. The minimum Gasteiger partial charge on any atom is -0.305 e. The maximum absolute atomic E-state index is 12.0. The molecule has 2 amide bonds. The highest BCUT2D eigenvalue weighted by molar-refractivity contribution is 6.05. The number of hydrogen-bond donors (Lipinski definition) is 1. The van der Waals surface area contributed by atoms with E-state index in [-0.39, 0.29) is 23.9 Å². The van der Waals surface area contributed by atoms with E-state index in [2.05, 4.69) is 5.32 Å². The molecule has 1 atom stereocenters. The maximum atomic E-state index is 12.0. The Morgan fingerprint density at radius 2 is 2.06 bits per heavy atom. The second-order valence-corrected chi connectivity index (χ2v) is 5.49. The summed E-state index contributed by atoms with van der Waals surface area (Å²) in [4.78, 5) is 25.0. The number of hydrogen-bond acceptors (Lipinski definition) is 3. The summed E-state index contributed by atoms with van der Waals surface area (Å²) in [6.45, 7) is 4.62. The monoisotopic (exact) mass is 238 g/mol. The molecule has 0 aromatic carbocycles. The SMILES string of the molecule is CC(C)N1C(=O)CC(NCCC2CCC2)C1=O. The molecular weight excluding hydrogens is 216 g/mol. The molecule has 17 heavy (non-hydrogen) atoms. The molecule has 1 saturated carbocycles. The molecule has 2 rings (SSSR count). The van der Waals surface area contributed by atoms with Crippen LogP contribution >= 0.6 is 0 Å². The van der Waals surface area contributed by atoms with Gasteiger partial charge in [0.25, 0.3) is 0 Å². The first-order chi connectivity index (χ1) is 8.09. The predicted molar refractivity (Wildman–Crippen MR) is 65.4 cm³/mol. The lowest BCUT2D eigenvalue weighted by molar-refractivity contribution is -0.140. The van der Waals surface area contributed by atoms with E-state index in [1.807, 2.05) is 13.8 Å². The highest BCUT2D eigenvalue weighted by Gasteiger charge is 2.39. The summed E-state index contributed by atoms with van der Waals surface area (Å²) in [5.74, 6) is 0.765. The molecule has 1 N–H and O–H groups in total. The van der Waals surface area contributed by atoms with Gasteiger partial charge in [0.05, 0.1) is 12.5 Å². The van der Waals surface area contributed by atoms with E-state index in [0.29, 0.717) is 6.42 Å². The summed E-state index contributed by atoms with van der Waals surface area (Å²) in [5.41, 5.74) is 0. The number of carbonyl (C=O) groups excluding carboxylic acids is 2. The quantitative estimate of drug-likeness (QED) is 0.735. The van der Waals surface area contributed by atoms with Crippen LogP contribution in [0.3, 0.4) is 0 Å². The number of imide groups is 1. The Balaban J connectivity index is 1.77. The van der Waals surface area contributed by atoms with Crippen LogP contribution in [0.15, 0.2) is 0 Å². The fraction of sp³-hybridized carbons (Fsp3) is 0.846. The van der Waals surface area contributed by atoms with Crippen LogP contribution in [0, 0.1) is 5.92 Å². The molecule has 4 nitrogen and oxygen atoms in total. The lowest BCUT2D eigenvalue weighted by Crippen LogP contribution is -2.42. The number of amides is 2. The molecule has 1 saturated heterocycles. The Morgan fingerprint density at radius 3 is 2.53 bits per heavy atom. The molecule has 0 aromatic rings. The first-order valence-corrected chi connectivity index (χ1v) is 6.69. The van der Waals surface area contributed by atoms with Crippen LogP contribution in [0.25, 0.3) is 0 Å². The molecule has 1 aliphatic carbocycles. The van der Waals surface area contributed by atoms with Crippen molar-refractivity contribution < 1.29 is 9.59 Å². The van der Waals surface area contributed by atoms with Gasteiger partial charge in [0.15, 0.2) is 0 Å². The molecule has 0 aromatic heterocycles. The molecule has 0 spiro atoms. The number of nitrogens with one attached hydrogen (secondary N) is 1. The van der Waals surface area contributed by atoms with E-state index < -0.39 is 0 Å². The van der Waals surface area contributed by atoms with Gasteiger partial charge >= 0.3 is 0 Å². The molecule has 96 valence electrons. The van der Waals surface area contributed by atoms with Crippen molar-refractivity contribution in [2.75, 3.05) is 6.54 Å². The van der Waals surface area contributed by atoms with E-state index in [4.69, 9.17) is 0 Å². The smallest absolute Gasteiger partial charge is 0.247 e. The van der Waals surface area contributed by atoms with Gasteiger partial charge in [-0.25, -0.2) is 0 Å². The summed E-state index contributed by atoms with van der Waals surface area (Å²) in [6, 6.07) is -0.293. The van der Waals surface area contributed by atoms with Gasteiger partial charge in [0.2, 0.25) is 11.8 Å². The summed E-state index contributed by atoms with van der Waals surface area (Å²) in [5, 5.41) is 3.23. The second kappa shape index (κ2) is 5.17. The van der Waals surface area contributed by atoms with Crippen LogP contribution in [-0.2, 0) is 9.59 Å². The van der Waals surface area contributed by atoms with Crippen LogP contribution in [0.2, 0.25) is 0 Å². The second-order valence-electron chi connectivity index (χ2n) is 5.49. The minimum atomic E-state index is -0.273. The van der Waals surface area contributed by atoms with Gasteiger partial charge < -0.3 is 5.32 Å². The zero-order chi connectivity index (χ0) is 12.4. The van der Waals surface area contributed by atoms with Crippen molar-refractivity contribution in [3.05, 3.63) is 0 Å². The lowest BCUT2D eigenvalue weighted by Gasteiger charge is -2.25. The third-order valence-electron chi connectivity index (χ3n) is 3.87. The summed E-state index contributed by atoms with van der Waals surface area (Å²) >= 11 is 0. The molecule has 1 unspecified atom stereocenters. The fourth-order valence-corrected chi connectivity index (χ4v) is 2.60. The Morgan fingerprint density at radius 1 is 1.35 bits per heavy atom. The topological polar surface area (TPSA) is 49.4 Å². The third-order valence-corrected chi connectivity index (χ3v) is 3.87. The van der Waals surface area contributed by atoms with Crippen molar-refractivity contribution in [1.29, 1.82) is 0 Å². The van der Waals surface area contributed by atoms with Crippen molar-refractivity contribution in [3.8, 4) is 0 Å². The lowest BCUT2D eigenvalue weighted by atomic mass is 9.83. The van der Waals surface area contributed by atoms with Crippen LogP contribution in [0.1, 0.15) is 46.0 Å². The zero-order valence-corrected chi connectivity index (χ0v) is 10.7. The van der Waals surface area contributed by atoms with E-state index >= 15 is 0 Å². The molecule has 4 heteroatoms. The largest absolute Gasteiger partial charge is 0.305 e. The Bertz CT molecular complexity index is 311. The van der Waals surface area contributed by atoms with Crippen molar-refractivity contribution in [3.63, 3.8) is 0 Å². The third kappa shape index (κ3) is 2.68. The van der Waals surface area contributed by atoms with Crippen molar-refractivity contribution in [2.24, 2.45) is 5.92 Å². The van der Waals surface area contributed by atoms with Crippen molar-refractivity contribution >= 4 is 11.8 Å². The van der Waals surface area contributed by atoms with Crippen LogP contribution < -0.4 is 5.32 Å². The summed E-state index contributed by atoms with van der Waals surface area (Å²) in [7, 11) is 0. The van der Waals surface area contributed by atoms with Gasteiger partial charge in [-0.2, -0.15) is 0 Å². The van der Waals surface area contributed by atoms with Gasteiger partial charge in [-0.1, -0.05) is 19.3 Å². The van der Waals surface area contributed by atoms with E-state index in [0.717, 1.165) is 18.9 Å². The Kier molecular flexibility index (Phi) is 3.82. The van der Waals surface area contributed by atoms with Gasteiger partial charge in [-0.15, -0.1) is 0 Å². The molecule has 1 heterocycles. The van der Waals surface area contributed by atoms with E-state index in [1.54, 1.807) is 0 Å². The van der Waals surface area contributed by atoms with E-state index in [9.17, 15) is 9.59 Å². The maximum Gasteiger partial charge on any atom is 0.247 e. The van der Waals surface area contributed by atoms with Gasteiger partial charge in [-0.05, 0) is 32.7 Å². The summed E-state index contributed by atoms with van der Waals surface area (Å²) in [6.07, 6.45) is 5.49. The van der Waals surface area contributed by atoms with E-state index in [1.165, 1.54) is 24.2 Å². The minimum absolute atomic E-state index is 0.0200. The number of nitrogens with zero attached hydrogens (tertiary/aromatic N) is 1. The Labute approximate surface area is 103 Å². The van der Waals surface area contributed by atoms with Gasteiger partial charge in [0, 0.05) is 6.04 Å². The Hall–Kier alpha value is -0.900. The molecular formula is C13H22N2O2. The average molecular weight is 238 g/mol. The van der Waals surface area contributed by atoms with Crippen LogP contribution in [-0.4, -0.2) is 35.3 Å². The van der Waals surface area contributed by atoms with Gasteiger partial charge in [0.1, 0.15) is 0 Å². The van der Waals surface area contributed by atoms with Crippen molar-refractivity contribution in [1.82, 2.24) is 10.2 Å². The number of carbonyl (C=O) groups is 2. The highest BCUT2D eigenvalue weighted by atomic mass is 16.2. The molecule has 2 aliphatic rings. The fourth-order valence-electron chi connectivity index (χ4n) is 2.60. The first kappa shape index (κ1) is 12.6. The van der Waals surface area contributed by atoms with Crippen LogP contribution in [0.5, 0.6) is 0 Å². The highest BCUT2D eigenvalue weighted by Crippen LogP contribution is 2.28. The van der Waals surface area contributed by atoms with Gasteiger partial charge in [-0.3, -0.25) is 14.5 Å². The summed E-state index contributed by atoms with van der Waals surface area (Å²) < 4.78 is 0. The normalized spacial score (nSPS) is 25.8. The molecule has 0 bridgehead atoms. The molecule has 2 fully saturated rings. The molecule has 1 aliphatic heterocycles. The van der Waals surface area contributed by atoms with Crippen LogP contribution in [0.4, 0.5) is 0 Å².